The number of anilines is 1. The molecule has 0 saturated heterocycles. The number of nitrogens with one attached hydrogen (secondary N) is 1. The van der Waals surface area contributed by atoms with Crippen molar-refractivity contribution in [3.63, 3.8) is 0 Å². The van der Waals surface area contributed by atoms with E-state index < -0.39 is 5.41 Å². The number of rotatable bonds is 3. The Morgan fingerprint density at radius 2 is 1.67 bits per heavy atom. The molecule has 1 N–H and O–H groups in total. The average Bonchev–Trinajstić information content (AvgIpc) is 3.01. The molecule has 0 unspecified atom stereocenters. The Kier molecular flexibility index (Phi) is 7.39. The Balaban J connectivity index is 1.26. The lowest BCUT2D eigenvalue weighted by Gasteiger charge is -2.71. The summed E-state index contributed by atoms with van der Waals surface area (Å²) in [7, 11) is 0. The molecule has 5 heteroatoms. The summed E-state index contributed by atoms with van der Waals surface area (Å²) in [4.78, 5) is 31.4. The van der Waals surface area contributed by atoms with Crippen molar-refractivity contribution in [2.24, 2.45) is 56.7 Å². The SMILES string of the molecule is CC(=O)O[C@H]1CC[C@]2(C)[C@H]3CC=C4[C@@H]5[C@@H](C)[C@H](C)CC[C@]5(C(=O)Nc5cccc6ncccc56)CC[C@@]4(C)[C@]3(C)CC[C@H]2C1(C)C. The van der Waals surface area contributed by atoms with E-state index >= 15 is 0 Å². The number of hydrogen-bond donors (Lipinski definition) is 1. The highest BCUT2D eigenvalue weighted by Gasteiger charge is 2.69. The summed E-state index contributed by atoms with van der Waals surface area (Å²) < 4.78 is 5.96. The maximum absolute atomic E-state index is 14.8. The van der Waals surface area contributed by atoms with Crippen molar-refractivity contribution in [2.45, 2.75) is 119 Å². The van der Waals surface area contributed by atoms with Crippen molar-refractivity contribution >= 4 is 28.5 Å². The molecule has 5 aliphatic rings. The molecule has 10 atom stereocenters. The van der Waals surface area contributed by atoms with Crippen LogP contribution in [0.3, 0.4) is 0 Å². The monoisotopic (exact) mass is 624 g/mol. The van der Waals surface area contributed by atoms with Gasteiger partial charge in [-0.1, -0.05) is 66.2 Å². The van der Waals surface area contributed by atoms with Crippen LogP contribution in [0.1, 0.15) is 113 Å². The minimum atomic E-state index is -0.393. The minimum Gasteiger partial charge on any atom is -0.462 e. The maximum atomic E-state index is 14.8. The molecule has 248 valence electrons. The molecule has 4 saturated carbocycles. The molecule has 46 heavy (non-hydrogen) atoms. The Hall–Kier alpha value is -2.69. The van der Waals surface area contributed by atoms with E-state index in [4.69, 9.17) is 4.74 Å². The van der Waals surface area contributed by atoms with Crippen LogP contribution in [0, 0.1) is 56.7 Å². The Morgan fingerprint density at radius 1 is 0.891 bits per heavy atom. The molecule has 4 fully saturated rings. The van der Waals surface area contributed by atoms with E-state index in [-0.39, 0.29) is 45.6 Å². The summed E-state index contributed by atoms with van der Waals surface area (Å²) in [6.45, 7) is 18.9. The zero-order chi connectivity index (χ0) is 32.9. The van der Waals surface area contributed by atoms with Crippen molar-refractivity contribution in [1.29, 1.82) is 0 Å². The van der Waals surface area contributed by atoms with Gasteiger partial charge in [0.1, 0.15) is 6.10 Å². The van der Waals surface area contributed by atoms with E-state index in [2.05, 4.69) is 70.9 Å². The van der Waals surface area contributed by atoms with Gasteiger partial charge in [-0.3, -0.25) is 14.6 Å². The van der Waals surface area contributed by atoms with Crippen molar-refractivity contribution in [1.82, 2.24) is 4.98 Å². The smallest absolute Gasteiger partial charge is 0.302 e. The number of esters is 1. The van der Waals surface area contributed by atoms with Gasteiger partial charge in [0.15, 0.2) is 0 Å². The summed E-state index contributed by atoms with van der Waals surface area (Å²) in [6.07, 6.45) is 14.1. The zero-order valence-electron chi connectivity index (χ0n) is 29.5. The molecule has 5 nitrogen and oxygen atoms in total. The van der Waals surface area contributed by atoms with Gasteiger partial charge in [-0.2, -0.15) is 0 Å². The number of aromatic nitrogens is 1. The lowest BCUT2D eigenvalue weighted by atomic mass is 9.33. The van der Waals surface area contributed by atoms with Crippen molar-refractivity contribution in [3.8, 4) is 0 Å². The lowest BCUT2D eigenvalue weighted by molar-refractivity contribution is -0.212. The highest BCUT2D eigenvalue weighted by atomic mass is 16.5. The van der Waals surface area contributed by atoms with Crippen molar-refractivity contribution < 1.29 is 14.3 Å². The van der Waals surface area contributed by atoms with Crippen LogP contribution in [0.15, 0.2) is 48.2 Å². The highest BCUT2D eigenvalue weighted by Crippen LogP contribution is 2.76. The average molecular weight is 625 g/mol. The molecule has 0 aliphatic heterocycles. The normalized spacial score (nSPS) is 42.8. The van der Waals surface area contributed by atoms with Crippen LogP contribution in [0.2, 0.25) is 0 Å². The molecule has 0 radical (unpaired) electrons. The molecule has 5 aliphatic carbocycles. The summed E-state index contributed by atoms with van der Waals surface area (Å²) in [6, 6.07) is 10.1. The molecule has 1 amide bonds. The number of pyridine rings is 1. The maximum Gasteiger partial charge on any atom is 0.302 e. The van der Waals surface area contributed by atoms with Crippen LogP contribution in [-0.4, -0.2) is 23.0 Å². The van der Waals surface area contributed by atoms with Crippen molar-refractivity contribution in [3.05, 3.63) is 48.2 Å². The first kappa shape index (κ1) is 31.9. The number of ether oxygens (including phenoxy) is 1. The van der Waals surface area contributed by atoms with Gasteiger partial charge < -0.3 is 10.1 Å². The van der Waals surface area contributed by atoms with Crippen LogP contribution in [0.4, 0.5) is 5.69 Å². The van der Waals surface area contributed by atoms with Gasteiger partial charge in [0.05, 0.1) is 16.6 Å². The highest BCUT2D eigenvalue weighted by molar-refractivity contribution is 6.03. The van der Waals surface area contributed by atoms with Gasteiger partial charge in [-0.05, 0) is 128 Å². The second-order valence-corrected chi connectivity index (χ2v) is 17.6. The van der Waals surface area contributed by atoms with Crippen LogP contribution in [0.5, 0.6) is 0 Å². The topological polar surface area (TPSA) is 68.3 Å². The van der Waals surface area contributed by atoms with Gasteiger partial charge in [0.25, 0.3) is 0 Å². The van der Waals surface area contributed by atoms with Crippen LogP contribution >= 0.6 is 0 Å². The second-order valence-electron chi connectivity index (χ2n) is 17.6. The largest absolute Gasteiger partial charge is 0.462 e. The number of hydrogen-bond acceptors (Lipinski definition) is 4. The number of fused-ring (bicyclic) bond motifs is 8. The Bertz CT molecular complexity index is 1590. The first-order valence-corrected chi connectivity index (χ1v) is 18.2. The van der Waals surface area contributed by atoms with E-state index in [0.717, 1.165) is 61.5 Å². The predicted molar refractivity (Wildman–Crippen MR) is 185 cm³/mol. The van der Waals surface area contributed by atoms with Gasteiger partial charge in [-0.25, -0.2) is 0 Å². The molecule has 1 aromatic carbocycles. The molecule has 7 rings (SSSR count). The number of nitrogens with zero attached hydrogens (tertiary/aromatic N) is 1. The Labute approximate surface area is 276 Å². The summed E-state index contributed by atoms with van der Waals surface area (Å²) >= 11 is 0. The Morgan fingerprint density at radius 3 is 2.43 bits per heavy atom. The van der Waals surface area contributed by atoms with E-state index in [1.54, 1.807) is 12.5 Å². The summed E-state index contributed by atoms with van der Waals surface area (Å²) in [5, 5.41) is 4.49. The summed E-state index contributed by atoms with van der Waals surface area (Å²) in [5.74, 6) is 2.45. The number of amides is 1. The zero-order valence-corrected chi connectivity index (χ0v) is 29.5. The second kappa shape index (κ2) is 10.7. The van der Waals surface area contributed by atoms with Crippen LogP contribution < -0.4 is 5.32 Å². The molecule has 1 heterocycles. The van der Waals surface area contributed by atoms with Gasteiger partial charge >= 0.3 is 5.97 Å². The third-order valence-electron chi connectivity index (χ3n) is 15.6. The summed E-state index contributed by atoms with van der Waals surface area (Å²) in [5.41, 5.74) is 3.37. The molecular weight excluding hydrogens is 568 g/mol. The number of benzene rings is 1. The van der Waals surface area contributed by atoms with Gasteiger partial charge in [0, 0.05) is 23.9 Å². The van der Waals surface area contributed by atoms with E-state index in [9.17, 15) is 9.59 Å². The fraction of sp³-hybridized carbons (Fsp3) is 0.683. The van der Waals surface area contributed by atoms with E-state index in [1.165, 1.54) is 12.8 Å². The van der Waals surface area contributed by atoms with Crippen LogP contribution in [-0.2, 0) is 14.3 Å². The fourth-order valence-electron chi connectivity index (χ4n) is 12.7. The quantitative estimate of drug-likeness (QED) is 0.273. The van der Waals surface area contributed by atoms with Gasteiger partial charge in [0.2, 0.25) is 5.91 Å². The molecular formula is C41H56N2O3. The number of carbonyl (C=O) groups excluding carboxylic acids is 2. The molecule has 0 spiro atoms. The molecule has 1 aromatic heterocycles. The molecule has 0 bridgehead atoms. The molecule has 2 aromatic rings. The standard InChI is InChI=1S/C41H56N2O3/c1-25-16-21-41(36(45)43-31-13-9-12-30-28(31)11-10-24-42-30)23-22-39(7)29(35(41)26(25)2)14-15-33-38(6)19-18-34(46-27(3)44)37(4,5)32(38)17-20-40(33,39)8/h9-14,24-26,32-35H,15-23H2,1-8H3,(H,43,45)/t25-,26+,32+,33-,34+,35+,38+,39-,40-,41+/m1/s1. The lowest BCUT2D eigenvalue weighted by Crippen LogP contribution is -2.65. The van der Waals surface area contributed by atoms with Crippen molar-refractivity contribution in [2.75, 3.05) is 5.32 Å². The predicted octanol–water partition coefficient (Wildman–Crippen LogP) is 9.76. The fourth-order valence-corrected chi connectivity index (χ4v) is 12.7. The third-order valence-corrected chi connectivity index (χ3v) is 15.6. The van der Waals surface area contributed by atoms with E-state index in [1.807, 2.05) is 30.5 Å². The number of carbonyl (C=O) groups is 2. The number of allylic oxidation sites excluding steroid dienone is 2. The van der Waals surface area contributed by atoms with Gasteiger partial charge in [-0.15, -0.1) is 0 Å². The van der Waals surface area contributed by atoms with Crippen LogP contribution in [0.25, 0.3) is 10.9 Å². The first-order chi connectivity index (χ1) is 21.7. The minimum absolute atomic E-state index is 0.00591. The third kappa shape index (κ3) is 4.27. The first-order valence-electron chi connectivity index (χ1n) is 18.2. The van der Waals surface area contributed by atoms with E-state index in [0.29, 0.717) is 23.7 Å².